The normalized spacial score (nSPS) is 20.9. The largest absolute Gasteiger partial charge is 0.297 e. The molecule has 4 heteroatoms. The summed E-state index contributed by atoms with van der Waals surface area (Å²) in [6.45, 7) is 1.94. The zero-order chi connectivity index (χ0) is 18.1. The molecule has 2 aliphatic rings. The molecule has 2 aromatic carbocycles. The maximum Gasteiger partial charge on any atom is 0.297 e. The third-order valence-electron chi connectivity index (χ3n) is 5.82. The fourth-order valence-corrected chi connectivity index (χ4v) is 5.39. The average Bonchev–Trinajstić information content (AvgIpc) is 3.04. The molecule has 0 bridgehead atoms. The van der Waals surface area contributed by atoms with Crippen LogP contribution >= 0.6 is 0 Å². The zero-order valence-corrected chi connectivity index (χ0v) is 16.1. The third kappa shape index (κ3) is 3.58. The van der Waals surface area contributed by atoms with Crippen molar-refractivity contribution >= 4 is 10.1 Å². The Balaban J connectivity index is 1.53. The molecule has 4 rings (SSSR count). The van der Waals surface area contributed by atoms with Gasteiger partial charge in [-0.1, -0.05) is 55.2 Å². The van der Waals surface area contributed by atoms with E-state index in [1.54, 1.807) is 24.3 Å². The molecule has 138 valence electrons. The van der Waals surface area contributed by atoms with E-state index in [2.05, 4.69) is 18.2 Å². The molecule has 0 aromatic heterocycles. The molecule has 1 saturated carbocycles. The fourth-order valence-electron chi connectivity index (χ4n) is 4.30. The van der Waals surface area contributed by atoms with Crippen molar-refractivity contribution in [1.29, 1.82) is 0 Å². The summed E-state index contributed by atoms with van der Waals surface area (Å²) in [5.74, 6) is 0.672. The Labute approximate surface area is 156 Å². The molecule has 0 saturated heterocycles. The molecule has 0 amide bonds. The molecule has 0 radical (unpaired) electrons. The summed E-state index contributed by atoms with van der Waals surface area (Å²) >= 11 is 0. The topological polar surface area (TPSA) is 43.4 Å². The highest BCUT2D eigenvalue weighted by Gasteiger charge is 2.30. The molecule has 0 N–H and O–H groups in total. The van der Waals surface area contributed by atoms with Crippen molar-refractivity contribution in [2.75, 3.05) is 0 Å². The van der Waals surface area contributed by atoms with Gasteiger partial charge in [0.05, 0.1) is 4.90 Å². The van der Waals surface area contributed by atoms with E-state index in [1.165, 1.54) is 43.2 Å². The van der Waals surface area contributed by atoms with E-state index in [1.807, 2.05) is 6.92 Å². The first-order valence-electron chi connectivity index (χ1n) is 9.65. The minimum absolute atomic E-state index is 0.232. The number of benzene rings is 2. The lowest BCUT2D eigenvalue weighted by molar-refractivity contribution is 0.215. The van der Waals surface area contributed by atoms with E-state index in [-0.39, 0.29) is 11.0 Å². The number of hydrogen-bond acceptors (Lipinski definition) is 3. The van der Waals surface area contributed by atoms with Crippen molar-refractivity contribution in [3.05, 3.63) is 64.7 Å². The number of hydrogen-bond donors (Lipinski definition) is 0. The van der Waals surface area contributed by atoms with Crippen molar-refractivity contribution in [3.63, 3.8) is 0 Å². The van der Waals surface area contributed by atoms with Crippen LogP contribution in [0.1, 0.15) is 72.8 Å². The average molecular weight is 371 g/mol. The summed E-state index contributed by atoms with van der Waals surface area (Å²) in [4.78, 5) is 0.232. The highest BCUT2D eigenvalue weighted by Crippen LogP contribution is 2.40. The Bertz CT molecular complexity index is 878. The first-order chi connectivity index (χ1) is 12.5. The van der Waals surface area contributed by atoms with Crippen LogP contribution in [0.2, 0.25) is 0 Å². The van der Waals surface area contributed by atoms with Crippen molar-refractivity contribution in [2.24, 2.45) is 0 Å². The molecule has 2 aromatic rings. The second-order valence-electron chi connectivity index (χ2n) is 7.68. The van der Waals surface area contributed by atoms with Gasteiger partial charge in [-0.3, -0.25) is 4.18 Å². The van der Waals surface area contributed by atoms with E-state index in [0.717, 1.165) is 24.0 Å². The van der Waals surface area contributed by atoms with Crippen LogP contribution in [0.3, 0.4) is 0 Å². The van der Waals surface area contributed by atoms with Crippen LogP contribution in [0.15, 0.2) is 47.4 Å². The molecular formula is C22H26O3S. The van der Waals surface area contributed by atoms with Crippen molar-refractivity contribution in [3.8, 4) is 0 Å². The molecular weight excluding hydrogens is 344 g/mol. The van der Waals surface area contributed by atoms with Gasteiger partial charge in [-0.2, -0.15) is 8.42 Å². The Morgan fingerprint density at radius 3 is 2.38 bits per heavy atom. The molecule has 1 fully saturated rings. The summed E-state index contributed by atoms with van der Waals surface area (Å²) in [7, 11) is -3.73. The highest BCUT2D eigenvalue weighted by molar-refractivity contribution is 7.86. The van der Waals surface area contributed by atoms with Crippen molar-refractivity contribution in [2.45, 2.75) is 68.8 Å². The summed E-state index contributed by atoms with van der Waals surface area (Å²) in [5.41, 5.74) is 4.76. The van der Waals surface area contributed by atoms with Gasteiger partial charge in [0.25, 0.3) is 10.1 Å². The lowest BCUT2D eigenvalue weighted by Crippen LogP contribution is -2.11. The predicted octanol–water partition coefficient (Wildman–Crippen LogP) is 5.44. The monoisotopic (exact) mass is 370 g/mol. The Hall–Kier alpha value is -1.65. The second kappa shape index (κ2) is 7.16. The Morgan fingerprint density at radius 2 is 1.65 bits per heavy atom. The van der Waals surface area contributed by atoms with Gasteiger partial charge in [-0.15, -0.1) is 0 Å². The molecule has 2 aliphatic carbocycles. The third-order valence-corrected chi connectivity index (χ3v) is 7.15. The molecule has 1 unspecified atom stereocenters. The van der Waals surface area contributed by atoms with Gasteiger partial charge in [-0.25, -0.2) is 0 Å². The maximum absolute atomic E-state index is 12.6. The van der Waals surface area contributed by atoms with Gasteiger partial charge in [-0.05, 0) is 67.3 Å². The smallest absolute Gasteiger partial charge is 0.258 e. The van der Waals surface area contributed by atoms with Gasteiger partial charge >= 0.3 is 0 Å². The van der Waals surface area contributed by atoms with E-state index < -0.39 is 10.1 Å². The van der Waals surface area contributed by atoms with E-state index in [9.17, 15) is 8.42 Å². The van der Waals surface area contributed by atoms with E-state index >= 15 is 0 Å². The van der Waals surface area contributed by atoms with Crippen molar-refractivity contribution < 1.29 is 12.6 Å². The van der Waals surface area contributed by atoms with Crippen LogP contribution < -0.4 is 0 Å². The second-order valence-corrected chi connectivity index (χ2v) is 9.26. The number of rotatable bonds is 4. The van der Waals surface area contributed by atoms with Gasteiger partial charge in [0.2, 0.25) is 0 Å². The first-order valence-corrected chi connectivity index (χ1v) is 11.1. The van der Waals surface area contributed by atoms with Gasteiger partial charge in [0.15, 0.2) is 0 Å². The van der Waals surface area contributed by atoms with Crippen LogP contribution in [0.4, 0.5) is 0 Å². The molecule has 26 heavy (non-hydrogen) atoms. The minimum Gasteiger partial charge on any atom is -0.258 e. The van der Waals surface area contributed by atoms with E-state index in [0.29, 0.717) is 5.92 Å². The van der Waals surface area contributed by atoms with E-state index in [4.69, 9.17) is 4.18 Å². The number of fused-ring (bicyclic) bond motifs is 1. The number of aryl methyl sites for hydroxylation is 2. The SMILES string of the molecule is Cc1ccc(S(=O)(=O)OC2CCc3cc(C4CCCCC4)ccc32)cc1. The zero-order valence-electron chi connectivity index (χ0n) is 15.3. The van der Waals surface area contributed by atoms with Gasteiger partial charge < -0.3 is 0 Å². The summed E-state index contributed by atoms with van der Waals surface area (Å²) in [6.07, 6.45) is 7.81. The quantitative estimate of drug-likeness (QED) is 0.674. The Morgan fingerprint density at radius 1 is 0.923 bits per heavy atom. The van der Waals surface area contributed by atoms with Crippen molar-refractivity contribution in [1.82, 2.24) is 0 Å². The minimum atomic E-state index is -3.73. The Kier molecular flexibility index (Phi) is 4.89. The van der Waals surface area contributed by atoms with Gasteiger partial charge in [0.1, 0.15) is 6.10 Å². The molecule has 0 aliphatic heterocycles. The molecule has 3 nitrogen and oxygen atoms in total. The van der Waals surface area contributed by atoms with Crippen LogP contribution in [-0.2, 0) is 20.7 Å². The van der Waals surface area contributed by atoms with Crippen LogP contribution in [0.25, 0.3) is 0 Å². The predicted molar refractivity (Wildman–Crippen MR) is 103 cm³/mol. The molecule has 0 spiro atoms. The first kappa shape index (κ1) is 17.7. The summed E-state index contributed by atoms with van der Waals surface area (Å²) < 4.78 is 30.8. The lowest BCUT2D eigenvalue weighted by Gasteiger charge is -2.22. The van der Waals surface area contributed by atoms with Crippen LogP contribution in [0.5, 0.6) is 0 Å². The maximum atomic E-state index is 12.6. The standard InChI is InChI=1S/C22H26O3S/c1-16-7-11-20(12-8-16)26(23,24)25-22-14-10-19-15-18(9-13-21(19)22)17-5-3-2-4-6-17/h7-9,11-13,15,17,22H,2-6,10,14H2,1H3. The van der Waals surface area contributed by atoms with Crippen LogP contribution in [0, 0.1) is 6.92 Å². The summed E-state index contributed by atoms with van der Waals surface area (Å²) in [6, 6.07) is 13.4. The highest BCUT2D eigenvalue weighted by atomic mass is 32.2. The van der Waals surface area contributed by atoms with Gasteiger partial charge in [0, 0.05) is 0 Å². The lowest BCUT2D eigenvalue weighted by atomic mass is 9.83. The fraction of sp³-hybridized carbons (Fsp3) is 0.455. The van der Waals surface area contributed by atoms with Crippen LogP contribution in [-0.4, -0.2) is 8.42 Å². The molecule has 1 atom stereocenters. The summed E-state index contributed by atoms with van der Waals surface area (Å²) in [5, 5.41) is 0. The molecule has 0 heterocycles.